The number of hydrogen-bond donors (Lipinski definition) is 0. The van der Waals surface area contributed by atoms with Crippen LogP contribution in [0.15, 0.2) is 255 Å². The first-order chi connectivity index (χ1) is 38.1. The van der Waals surface area contributed by atoms with E-state index in [1.54, 1.807) is 0 Å². The minimum absolute atomic E-state index is 0. The topological polar surface area (TPSA) is 51.6 Å². The molecular formula is C74H60Ir4N4-4. The van der Waals surface area contributed by atoms with E-state index >= 15 is 0 Å². The molecule has 0 amide bonds. The number of nitrogens with zero attached hydrogens (tertiary/aromatic N) is 4. The van der Waals surface area contributed by atoms with Crippen molar-refractivity contribution in [1.29, 1.82) is 0 Å². The van der Waals surface area contributed by atoms with Gasteiger partial charge in [-0.15, -0.1) is 136 Å². The van der Waals surface area contributed by atoms with E-state index in [0.717, 1.165) is 50.6 Å². The van der Waals surface area contributed by atoms with Gasteiger partial charge in [0.05, 0.1) is 0 Å². The molecule has 0 saturated carbocycles. The SMILES string of the molecule is Cc1ccc(-c2[c-]ccc(-c3ccccc3)c2)nc1.Cc1ccc[c-]c1-c1ccc(-c2ccccc2C)cn1.Cc1ccnc(-c2[c-]cc(-c3ccccc3)cc2C)c1.Cc1ccnc(-c2[c-]ccc(-c3ccccc3)c2)c1.[Ir].[Ir].[Ir].[Ir]. The number of pyridine rings is 4. The Labute approximate surface area is 539 Å². The predicted molar refractivity (Wildman–Crippen MR) is 324 cm³/mol. The maximum absolute atomic E-state index is 4.60. The molecule has 8 heteroatoms. The number of benzene rings is 8. The summed E-state index contributed by atoms with van der Waals surface area (Å²) in [5.41, 5.74) is 25.0. The van der Waals surface area contributed by atoms with E-state index in [-0.39, 0.29) is 80.4 Å². The van der Waals surface area contributed by atoms with Crippen LogP contribution in [0.5, 0.6) is 0 Å². The van der Waals surface area contributed by atoms with Crippen molar-refractivity contribution in [3.63, 3.8) is 0 Å². The Kier molecular flexibility index (Phi) is 26.6. The van der Waals surface area contributed by atoms with Gasteiger partial charge < -0.3 is 19.9 Å². The molecule has 0 bridgehead atoms. The van der Waals surface area contributed by atoms with E-state index in [2.05, 4.69) is 243 Å². The van der Waals surface area contributed by atoms with Crippen LogP contribution in [-0.4, -0.2) is 19.9 Å². The quantitative estimate of drug-likeness (QED) is 0.142. The van der Waals surface area contributed by atoms with Crippen molar-refractivity contribution >= 4 is 0 Å². The van der Waals surface area contributed by atoms with Crippen LogP contribution in [0.25, 0.3) is 89.5 Å². The molecule has 0 N–H and O–H groups in total. The van der Waals surface area contributed by atoms with E-state index in [4.69, 9.17) is 0 Å². The van der Waals surface area contributed by atoms with Crippen molar-refractivity contribution in [1.82, 2.24) is 19.9 Å². The summed E-state index contributed by atoms with van der Waals surface area (Å²) in [5.74, 6) is 0. The van der Waals surface area contributed by atoms with Gasteiger partial charge in [-0.2, -0.15) is 0 Å². The third-order valence-electron chi connectivity index (χ3n) is 13.2. The summed E-state index contributed by atoms with van der Waals surface area (Å²) in [4.78, 5) is 17.9. The molecule has 0 atom stereocenters. The zero-order valence-electron chi connectivity index (χ0n) is 46.4. The van der Waals surface area contributed by atoms with Gasteiger partial charge in [-0.05, 0) is 96.0 Å². The van der Waals surface area contributed by atoms with Crippen LogP contribution in [-0.2, 0) is 80.4 Å². The van der Waals surface area contributed by atoms with Gasteiger partial charge in [0.1, 0.15) is 0 Å². The van der Waals surface area contributed by atoms with E-state index in [0.29, 0.717) is 0 Å². The first kappa shape index (κ1) is 65.8. The van der Waals surface area contributed by atoms with Gasteiger partial charge in [-0.25, -0.2) is 0 Å². The molecule has 4 aromatic heterocycles. The zero-order valence-corrected chi connectivity index (χ0v) is 56.0. The number of rotatable bonds is 8. The fraction of sp³-hybridized carbons (Fsp3) is 0.0811. The second-order valence-electron chi connectivity index (χ2n) is 19.2. The molecular weight excluding hydrogens is 1710 g/mol. The van der Waals surface area contributed by atoms with E-state index in [1.165, 1.54) is 72.3 Å². The predicted octanol–water partition coefficient (Wildman–Crippen LogP) is 18.7. The number of aromatic nitrogens is 4. The molecule has 4 heterocycles. The molecule has 82 heavy (non-hydrogen) atoms. The summed E-state index contributed by atoms with van der Waals surface area (Å²) >= 11 is 0. The number of hydrogen-bond acceptors (Lipinski definition) is 4. The first-order valence-electron chi connectivity index (χ1n) is 26.2. The fourth-order valence-corrected chi connectivity index (χ4v) is 8.91. The van der Waals surface area contributed by atoms with Gasteiger partial charge in [-0.1, -0.05) is 188 Å². The van der Waals surface area contributed by atoms with Crippen LogP contribution < -0.4 is 0 Å². The standard InChI is InChI=1S/2C19H16N.2C18H14N.4Ir/c1-14-7-3-5-9-17(14)16-11-12-19(20-13-16)18-10-6-4-8-15(18)2;1-14-10-11-20-19(12-14)18-9-8-17(13-15(18)2)16-6-4-3-5-7-16;1-14-10-11-18(19-13-14)17-9-5-8-16(12-17)15-6-3-2-4-7-15;1-14-10-11-19-18(12-14)17-9-5-8-16(13-17)15-6-3-2-4-7-15;;;;/h3-9,11-13H,1-2H3;3-8,10-13H,1-2H3;2*2-8,10-13H,1H3;;;;/q4*-1;;;;. The second kappa shape index (κ2) is 33.2. The maximum atomic E-state index is 4.60. The minimum atomic E-state index is 0. The molecule has 12 rings (SSSR count). The molecule has 0 aliphatic carbocycles. The van der Waals surface area contributed by atoms with Crippen molar-refractivity contribution in [3.8, 4) is 89.5 Å². The Morgan fingerprint density at radius 2 is 0.780 bits per heavy atom. The van der Waals surface area contributed by atoms with Gasteiger partial charge in [0.2, 0.25) is 0 Å². The van der Waals surface area contributed by atoms with Crippen molar-refractivity contribution in [2.75, 3.05) is 0 Å². The van der Waals surface area contributed by atoms with E-state index in [1.807, 2.05) is 98.4 Å². The Morgan fingerprint density at radius 3 is 1.30 bits per heavy atom. The maximum Gasteiger partial charge on any atom is 0.0239 e. The molecule has 4 radical (unpaired) electrons. The average Bonchev–Trinajstić information content (AvgIpc) is 3.51. The van der Waals surface area contributed by atoms with Gasteiger partial charge in [0, 0.05) is 105 Å². The molecule has 0 spiro atoms. The van der Waals surface area contributed by atoms with Crippen LogP contribution in [0.4, 0.5) is 0 Å². The largest absolute Gasteiger partial charge is 0.305 e. The van der Waals surface area contributed by atoms with Crippen molar-refractivity contribution in [2.24, 2.45) is 0 Å². The van der Waals surface area contributed by atoms with Crippen LogP contribution in [0.2, 0.25) is 0 Å². The van der Waals surface area contributed by atoms with E-state index in [9.17, 15) is 0 Å². The van der Waals surface area contributed by atoms with Crippen LogP contribution in [0, 0.1) is 65.8 Å². The van der Waals surface area contributed by atoms with Crippen LogP contribution in [0.3, 0.4) is 0 Å². The molecule has 0 unspecified atom stereocenters. The molecule has 416 valence electrons. The third-order valence-corrected chi connectivity index (χ3v) is 13.2. The minimum Gasteiger partial charge on any atom is -0.305 e. The molecule has 12 aromatic rings. The normalized spacial score (nSPS) is 9.93. The van der Waals surface area contributed by atoms with Gasteiger partial charge >= 0.3 is 0 Å². The Morgan fingerprint density at radius 1 is 0.280 bits per heavy atom. The molecule has 4 nitrogen and oxygen atoms in total. The first-order valence-corrected chi connectivity index (χ1v) is 26.2. The zero-order chi connectivity index (χ0) is 54.1. The summed E-state index contributed by atoms with van der Waals surface area (Å²) in [6.45, 7) is 12.5. The van der Waals surface area contributed by atoms with Crippen molar-refractivity contribution < 1.29 is 80.4 Å². The molecule has 0 fully saturated rings. The Hall–Kier alpha value is -7.04. The second-order valence-corrected chi connectivity index (χ2v) is 19.2. The Bertz CT molecular complexity index is 3790. The van der Waals surface area contributed by atoms with Crippen molar-refractivity contribution in [2.45, 2.75) is 41.5 Å². The van der Waals surface area contributed by atoms with Crippen LogP contribution in [0.1, 0.15) is 33.4 Å². The summed E-state index contributed by atoms with van der Waals surface area (Å²) in [7, 11) is 0. The van der Waals surface area contributed by atoms with Gasteiger partial charge in [0.15, 0.2) is 0 Å². The van der Waals surface area contributed by atoms with Gasteiger partial charge in [-0.3, -0.25) is 0 Å². The molecule has 0 aliphatic heterocycles. The van der Waals surface area contributed by atoms with E-state index < -0.39 is 0 Å². The monoisotopic (exact) mass is 1780 g/mol. The molecule has 8 aromatic carbocycles. The molecule has 0 saturated heterocycles. The van der Waals surface area contributed by atoms with Crippen LogP contribution >= 0.6 is 0 Å². The fourth-order valence-electron chi connectivity index (χ4n) is 8.91. The summed E-state index contributed by atoms with van der Waals surface area (Å²) < 4.78 is 0. The molecule has 0 aliphatic rings. The number of aryl methyl sites for hydroxylation is 6. The smallest absolute Gasteiger partial charge is 0.0239 e. The average molecular weight is 1770 g/mol. The van der Waals surface area contributed by atoms with Gasteiger partial charge in [0.25, 0.3) is 0 Å². The van der Waals surface area contributed by atoms with Crippen molar-refractivity contribution in [3.05, 3.63) is 313 Å². The Balaban J connectivity index is 0.000000197. The summed E-state index contributed by atoms with van der Waals surface area (Å²) in [5, 5.41) is 0. The third kappa shape index (κ3) is 18.2. The summed E-state index contributed by atoms with van der Waals surface area (Å²) in [6, 6.07) is 91.7. The summed E-state index contributed by atoms with van der Waals surface area (Å²) in [6.07, 6.45) is 7.52.